The maximum atomic E-state index is 12.9. The lowest BCUT2D eigenvalue weighted by Crippen LogP contribution is -2.23. The molecule has 1 amide bonds. The maximum absolute atomic E-state index is 12.9. The van der Waals surface area contributed by atoms with Gasteiger partial charge in [0.2, 0.25) is 0 Å². The fourth-order valence-corrected chi connectivity index (χ4v) is 4.14. The van der Waals surface area contributed by atoms with Gasteiger partial charge in [-0.25, -0.2) is 0 Å². The van der Waals surface area contributed by atoms with Crippen molar-refractivity contribution in [2.45, 2.75) is 13.5 Å². The van der Waals surface area contributed by atoms with Crippen LogP contribution in [0.25, 0.3) is 10.2 Å². The van der Waals surface area contributed by atoms with E-state index in [1.54, 1.807) is 42.9 Å². The number of methoxy groups -OCH3 is 1. The minimum atomic E-state index is -0.442. The lowest BCUT2D eigenvalue weighted by atomic mass is 10.2. The van der Waals surface area contributed by atoms with Crippen molar-refractivity contribution in [3.63, 3.8) is 0 Å². The predicted molar refractivity (Wildman–Crippen MR) is 110 cm³/mol. The van der Waals surface area contributed by atoms with Gasteiger partial charge in [-0.3, -0.25) is 9.59 Å². The minimum Gasteiger partial charge on any atom is -0.497 e. The Balaban J connectivity index is 1.76. The van der Waals surface area contributed by atoms with Gasteiger partial charge < -0.3 is 23.5 Å². The zero-order valence-electron chi connectivity index (χ0n) is 16.5. The summed E-state index contributed by atoms with van der Waals surface area (Å²) in [6.45, 7) is 2.88. The summed E-state index contributed by atoms with van der Waals surface area (Å²) in [5.74, 6) is 0.952. The summed E-state index contributed by atoms with van der Waals surface area (Å²) in [4.78, 5) is 29.7. The molecule has 2 heterocycles. The minimum absolute atomic E-state index is 0.0482. The molecule has 9 heteroatoms. The Morgan fingerprint density at radius 2 is 1.93 bits per heavy atom. The van der Waals surface area contributed by atoms with Gasteiger partial charge in [0, 0.05) is 5.56 Å². The molecule has 0 bridgehead atoms. The Labute approximate surface area is 176 Å². The molecule has 8 nitrogen and oxygen atoms in total. The van der Waals surface area contributed by atoms with Gasteiger partial charge in [-0.1, -0.05) is 11.3 Å². The SMILES string of the molecule is CCOC(=O)Cn1c(=NC(=O)c2ccc3c(c2)OCCO3)sc2cc(OC)ccc21. The second-order valence-electron chi connectivity index (χ2n) is 6.38. The molecule has 2 aromatic carbocycles. The third kappa shape index (κ3) is 4.02. The summed E-state index contributed by atoms with van der Waals surface area (Å²) in [5.41, 5.74) is 1.14. The largest absolute Gasteiger partial charge is 0.497 e. The van der Waals surface area contributed by atoms with Crippen molar-refractivity contribution in [1.29, 1.82) is 0 Å². The van der Waals surface area contributed by atoms with Gasteiger partial charge in [0.1, 0.15) is 25.5 Å². The van der Waals surface area contributed by atoms with Crippen LogP contribution in [0.2, 0.25) is 0 Å². The van der Waals surface area contributed by atoms with Gasteiger partial charge in [-0.2, -0.15) is 4.99 Å². The van der Waals surface area contributed by atoms with E-state index < -0.39 is 11.9 Å². The monoisotopic (exact) mass is 428 g/mol. The molecule has 0 saturated carbocycles. The number of nitrogens with zero attached hydrogens (tertiary/aromatic N) is 2. The molecule has 1 aliphatic heterocycles. The van der Waals surface area contributed by atoms with Crippen LogP contribution in [0, 0.1) is 0 Å². The number of fused-ring (bicyclic) bond motifs is 2. The van der Waals surface area contributed by atoms with Gasteiger partial charge in [0.25, 0.3) is 5.91 Å². The third-order valence-electron chi connectivity index (χ3n) is 4.47. The third-order valence-corrected chi connectivity index (χ3v) is 5.51. The highest BCUT2D eigenvalue weighted by Crippen LogP contribution is 2.31. The summed E-state index contributed by atoms with van der Waals surface area (Å²) < 4.78 is 23.9. The molecule has 4 rings (SSSR count). The van der Waals surface area contributed by atoms with E-state index in [1.807, 2.05) is 12.1 Å². The normalized spacial score (nSPS) is 13.3. The summed E-state index contributed by atoms with van der Waals surface area (Å²) in [5, 5.41) is 0. The van der Waals surface area contributed by atoms with Crippen LogP contribution in [0.5, 0.6) is 17.2 Å². The molecule has 3 aromatic rings. The number of carbonyl (C=O) groups excluding carboxylic acids is 2. The number of hydrogen-bond donors (Lipinski definition) is 0. The molecule has 0 saturated heterocycles. The van der Waals surface area contributed by atoms with Gasteiger partial charge in [0.15, 0.2) is 16.3 Å². The number of thiazole rings is 1. The Bertz CT molecular complexity index is 1180. The van der Waals surface area contributed by atoms with Crippen molar-refractivity contribution >= 4 is 33.4 Å². The van der Waals surface area contributed by atoms with Crippen molar-refractivity contribution in [3.8, 4) is 17.2 Å². The fourth-order valence-electron chi connectivity index (χ4n) is 3.08. The fraction of sp³-hybridized carbons (Fsp3) is 0.286. The van der Waals surface area contributed by atoms with Crippen LogP contribution < -0.4 is 19.0 Å². The number of amides is 1. The Kier molecular flexibility index (Phi) is 5.71. The lowest BCUT2D eigenvalue weighted by molar-refractivity contribution is -0.143. The molecule has 0 spiro atoms. The first kappa shape index (κ1) is 20.0. The summed E-state index contributed by atoms with van der Waals surface area (Å²) >= 11 is 1.30. The first-order valence-electron chi connectivity index (χ1n) is 9.40. The van der Waals surface area contributed by atoms with Gasteiger partial charge >= 0.3 is 5.97 Å². The van der Waals surface area contributed by atoms with E-state index >= 15 is 0 Å². The summed E-state index contributed by atoms with van der Waals surface area (Å²) in [6, 6.07) is 10.4. The molecule has 0 fully saturated rings. The number of hydrogen-bond acceptors (Lipinski definition) is 7. The van der Waals surface area contributed by atoms with Crippen molar-refractivity contribution in [3.05, 3.63) is 46.8 Å². The van der Waals surface area contributed by atoms with Crippen LogP contribution in [-0.2, 0) is 16.1 Å². The van der Waals surface area contributed by atoms with Crippen LogP contribution in [0.3, 0.4) is 0 Å². The van der Waals surface area contributed by atoms with E-state index in [0.717, 1.165) is 10.2 Å². The Morgan fingerprint density at radius 3 is 2.70 bits per heavy atom. The highest BCUT2D eigenvalue weighted by Gasteiger charge is 2.16. The van der Waals surface area contributed by atoms with Crippen LogP contribution in [0.15, 0.2) is 41.4 Å². The number of ether oxygens (including phenoxy) is 4. The van der Waals surface area contributed by atoms with E-state index in [4.69, 9.17) is 18.9 Å². The molecule has 0 unspecified atom stereocenters. The van der Waals surface area contributed by atoms with Gasteiger partial charge in [-0.15, -0.1) is 0 Å². The molecule has 0 atom stereocenters. The van der Waals surface area contributed by atoms with E-state index in [0.29, 0.717) is 40.8 Å². The molecule has 156 valence electrons. The van der Waals surface area contributed by atoms with Crippen LogP contribution in [0.1, 0.15) is 17.3 Å². The van der Waals surface area contributed by atoms with E-state index in [9.17, 15) is 9.59 Å². The van der Waals surface area contributed by atoms with Crippen LogP contribution in [0.4, 0.5) is 0 Å². The number of aromatic nitrogens is 1. The maximum Gasteiger partial charge on any atom is 0.326 e. The number of carbonyl (C=O) groups is 2. The van der Waals surface area contributed by atoms with E-state index in [1.165, 1.54) is 11.3 Å². The number of benzene rings is 2. The van der Waals surface area contributed by atoms with Gasteiger partial charge in [-0.05, 0) is 43.3 Å². The standard InChI is InChI=1S/C21H20N2O6S/c1-3-27-19(24)12-23-15-6-5-14(26-2)11-18(15)30-21(23)22-20(25)13-4-7-16-17(10-13)29-9-8-28-16/h4-7,10-11H,3,8-9,12H2,1-2H3. The Hall–Kier alpha value is -3.33. The van der Waals surface area contributed by atoms with Crippen molar-refractivity contribution in [2.24, 2.45) is 4.99 Å². The van der Waals surface area contributed by atoms with Crippen molar-refractivity contribution < 1.29 is 28.5 Å². The number of esters is 1. The smallest absolute Gasteiger partial charge is 0.326 e. The molecule has 1 aromatic heterocycles. The quantitative estimate of drug-likeness (QED) is 0.581. The van der Waals surface area contributed by atoms with Crippen molar-refractivity contribution in [1.82, 2.24) is 4.57 Å². The topological polar surface area (TPSA) is 88.4 Å². The summed E-state index contributed by atoms with van der Waals surface area (Å²) in [6.07, 6.45) is 0. The molecule has 1 aliphatic rings. The molecule has 0 aliphatic carbocycles. The average molecular weight is 428 g/mol. The first-order chi connectivity index (χ1) is 14.6. The van der Waals surface area contributed by atoms with E-state index in [2.05, 4.69) is 4.99 Å². The molecular weight excluding hydrogens is 408 g/mol. The highest BCUT2D eigenvalue weighted by molar-refractivity contribution is 7.16. The molecule has 30 heavy (non-hydrogen) atoms. The van der Waals surface area contributed by atoms with E-state index in [-0.39, 0.29) is 13.2 Å². The molecule has 0 N–H and O–H groups in total. The zero-order chi connectivity index (χ0) is 21.1. The molecule has 0 radical (unpaired) electrons. The second-order valence-corrected chi connectivity index (χ2v) is 7.39. The summed E-state index contributed by atoms with van der Waals surface area (Å²) in [7, 11) is 1.58. The second kappa shape index (κ2) is 8.58. The molecular formula is C21H20N2O6S. The number of rotatable bonds is 5. The van der Waals surface area contributed by atoms with Crippen LogP contribution in [-0.4, -0.2) is 43.4 Å². The highest BCUT2D eigenvalue weighted by atomic mass is 32.1. The van der Waals surface area contributed by atoms with Gasteiger partial charge in [0.05, 0.1) is 23.9 Å². The first-order valence-corrected chi connectivity index (χ1v) is 10.2. The lowest BCUT2D eigenvalue weighted by Gasteiger charge is -2.18. The zero-order valence-corrected chi connectivity index (χ0v) is 17.4. The van der Waals surface area contributed by atoms with Crippen LogP contribution >= 0.6 is 11.3 Å². The Morgan fingerprint density at radius 1 is 1.13 bits per heavy atom. The average Bonchev–Trinajstić information content (AvgIpc) is 3.09. The van der Waals surface area contributed by atoms with Crippen molar-refractivity contribution in [2.75, 3.05) is 26.9 Å². The predicted octanol–water partition coefficient (Wildman–Crippen LogP) is 2.79.